The lowest BCUT2D eigenvalue weighted by Crippen LogP contribution is -2.14. The summed E-state index contributed by atoms with van der Waals surface area (Å²) < 4.78 is 1.09. The van der Waals surface area contributed by atoms with Crippen molar-refractivity contribution in [1.82, 2.24) is 4.98 Å². The summed E-state index contributed by atoms with van der Waals surface area (Å²) in [7, 11) is 0. The molecule has 0 bridgehead atoms. The number of para-hydroxylation sites is 1. The highest BCUT2D eigenvalue weighted by Gasteiger charge is 2.11. The first kappa shape index (κ1) is 16.1. The van der Waals surface area contributed by atoms with Gasteiger partial charge in [0.05, 0.1) is 16.6 Å². The van der Waals surface area contributed by atoms with Gasteiger partial charge in [0, 0.05) is 4.90 Å². The van der Waals surface area contributed by atoms with E-state index >= 15 is 0 Å². The van der Waals surface area contributed by atoms with E-state index in [9.17, 15) is 4.79 Å². The van der Waals surface area contributed by atoms with E-state index < -0.39 is 0 Å². The number of thioether (sulfide) groups is 1. The van der Waals surface area contributed by atoms with E-state index in [1.165, 1.54) is 16.7 Å². The highest BCUT2D eigenvalue weighted by Crippen LogP contribution is 2.32. The number of hydrogen-bond donors (Lipinski definition) is 1. The molecular weight excluding hydrogens is 348 g/mol. The van der Waals surface area contributed by atoms with Crippen molar-refractivity contribution < 1.29 is 4.79 Å². The molecule has 0 aliphatic carbocycles. The molecule has 0 saturated carbocycles. The summed E-state index contributed by atoms with van der Waals surface area (Å²) in [5.41, 5.74) is 1.96. The highest BCUT2D eigenvalue weighted by molar-refractivity contribution is 7.98. The predicted molar refractivity (Wildman–Crippen MR) is 108 cm³/mol. The number of amides is 1. The second-order valence-corrected chi connectivity index (χ2v) is 7.61. The average Bonchev–Trinajstić information content (AvgIpc) is 3.03. The van der Waals surface area contributed by atoms with Gasteiger partial charge in [-0.15, -0.1) is 11.8 Å². The van der Waals surface area contributed by atoms with Gasteiger partial charge in [0.1, 0.15) is 0 Å². The maximum Gasteiger partial charge on any atom is 0.230 e. The van der Waals surface area contributed by atoms with Gasteiger partial charge < -0.3 is 5.32 Å². The fraction of sp³-hybridized carbons (Fsp3) is 0.100. The van der Waals surface area contributed by atoms with Gasteiger partial charge in [-0.05, 0) is 34.7 Å². The summed E-state index contributed by atoms with van der Waals surface area (Å²) in [6, 6.07) is 20.4. The zero-order valence-electron chi connectivity index (χ0n) is 13.7. The fourth-order valence-electron chi connectivity index (χ4n) is 2.84. The second-order valence-electron chi connectivity index (χ2n) is 5.73. The number of anilines is 1. The van der Waals surface area contributed by atoms with Crippen molar-refractivity contribution in [2.75, 3.05) is 11.6 Å². The molecule has 1 aromatic heterocycles. The number of benzene rings is 3. The third kappa shape index (κ3) is 3.38. The zero-order valence-corrected chi connectivity index (χ0v) is 15.3. The van der Waals surface area contributed by atoms with E-state index in [-0.39, 0.29) is 5.91 Å². The van der Waals surface area contributed by atoms with E-state index in [2.05, 4.69) is 34.6 Å². The molecule has 4 aromatic rings. The van der Waals surface area contributed by atoms with Gasteiger partial charge >= 0.3 is 0 Å². The van der Waals surface area contributed by atoms with Crippen molar-refractivity contribution in [1.29, 1.82) is 0 Å². The van der Waals surface area contributed by atoms with Crippen LogP contribution in [0.1, 0.15) is 5.56 Å². The molecule has 3 aromatic carbocycles. The monoisotopic (exact) mass is 364 g/mol. The summed E-state index contributed by atoms with van der Waals surface area (Å²) in [6.07, 6.45) is 2.38. The molecule has 1 heterocycles. The number of nitrogens with zero attached hydrogens (tertiary/aromatic N) is 1. The first-order valence-electron chi connectivity index (χ1n) is 7.94. The average molecular weight is 364 g/mol. The van der Waals surface area contributed by atoms with Crippen LogP contribution in [0.5, 0.6) is 0 Å². The highest BCUT2D eigenvalue weighted by atomic mass is 32.2. The van der Waals surface area contributed by atoms with Crippen molar-refractivity contribution >= 4 is 55.1 Å². The lowest BCUT2D eigenvalue weighted by atomic mass is 10.1. The van der Waals surface area contributed by atoms with Gasteiger partial charge in [-0.3, -0.25) is 4.79 Å². The Balaban J connectivity index is 1.53. The SMILES string of the molecule is CSc1cccc2sc(NC(=O)Cc3ccc4ccccc4c3)nc12. The van der Waals surface area contributed by atoms with Gasteiger partial charge in [-0.2, -0.15) is 0 Å². The smallest absolute Gasteiger partial charge is 0.230 e. The Labute approximate surface area is 154 Å². The fourth-order valence-corrected chi connectivity index (χ4v) is 4.38. The van der Waals surface area contributed by atoms with Crippen LogP contribution in [0.3, 0.4) is 0 Å². The quantitative estimate of drug-likeness (QED) is 0.496. The molecule has 0 radical (unpaired) electrons. The normalized spacial score (nSPS) is 11.1. The summed E-state index contributed by atoms with van der Waals surface area (Å²) in [6.45, 7) is 0. The minimum Gasteiger partial charge on any atom is -0.302 e. The van der Waals surface area contributed by atoms with Crippen LogP contribution in [0.25, 0.3) is 21.0 Å². The molecule has 5 heteroatoms. The number of carbonyl (C=O) groups is 1. The number of nitrogens with one attached hydrogen (secondary N) is 1. The summed E-state index contributed by atoms with van der Waals surface area (Å²) >= 11 is 3.18. The molecule has 124 valence electrons. The molecule has 0 aliphatic heterocycles. The van der Waals surface area contributed by atoms with Crippen molar-refractivity contribution in [3.05, 3.63) is 66.2 Å². The van der Waals surface area contributed by atoms with Gasteiger partial charge in [0.15, 0.2) is 5.13 Å². The third-order valence-corrected chi connectivity index (χ3v) is 5.73. The standard InChI is InChI=1S/C20H16N2OS2/c1-24-16-7-4-8-17-19(16)22-20(25-17)21-18(23)12-13-9-10-14-5-2-3-6-15(14)11-13/h2-11H,12H2,1H3,(H,21,22,23). The molecule has 25 heavy (non-hydrogen) atoms. The molecule has 0 unspecified atom stereocenters. The van der Waals surface area contributed by atoms with Crippen LogP contribution >= 0.6 is 23.1 Å². The van der Waals surface area contributed by atoms with Gasteiger partial charge in [-0.25, -0.2) is 4.98 Å². The minimum absolute atomic E-state index is 0.0416. The van der Waals surface area contributed by atoms with E-state index in [4.69, 9.17) is 0 Å². The second kappa shape index (κ2) is 6.86. The summed E-state index contributed by atoms with van der Waals surface area (Å²) in [5.74, 6) is -0.0416. The molecule has 0 atom stereocenters. The van der Waals surface area contributed by atoms with E-state index in [0.717, 1.165) is 26.1 Å². The molecule has 1 N–H and O–H groups in total. The third-order valence-electron chi connectivity index (χ3n) is 4.03. The van der Waals surface area contributed by atoms with Crippen LogP contribution in [-0.2, 0) is 11.2 Å². The van der Waals surface area contributed by atoms with Crippen molar-refractivity contribution in [2.24, 2.45) is 0 Å². The van der Waals surface area contributed by atoms with Crippen LogP contribution in [0.2, 0.25) is 0 Å². The van der Waals surface area contributed by atoms with Crippen molar-refractivity contribution in [3.63, 3.8) is 0 Å². The Hall–Kier alpha value is -2.37. The number of carbonyl (C=O) groups excluding carboxylic acids is 1. The number of thiazole rings is 1. The van der Waals surface area contributed by atoms with Gasteiger partial charge in [0.2, 0.25) is 5.91 Å². The van der Waals surface area contributed by atoms with Crippen molar-refractivity contribution in [3.8, 4) is 0 Å². The van der Waals surface area contributed by atoms with E-state index in [1.807, 2.05) is 42.7 Å². The molecule has 3 nitrogen and oxygen atoms in total. The molecule has 0 saturated heterocycles. The first-order valence-corrected chi connectivity index (χ1v) is 9.98. The largest absolute Gasteiger partial charge is 0.302 e. The van der Waals surface area contributed by atoms with Gasteiger partial charge in [0.25, 0.3) is 0 Å². The Bertz CT molecular complexity index is 1070. The molecule has 4 rings (SSSR count). The molecule has 1 amide bonds. The van der Waals surface area contributed by atoms with Crippen LogP contribution < -0.4 is 5.32 Å². The Morgan fingerprint density at radius 1 is 1.08 bits per heavy atom. The Kier molecular flexibility index (Phi) is 4.42. The van der Waals surface area contributed by atoms with Crippen LogP contribution in [0, 0.1) is 0 Å². The maximum atomic E-state index is 12.4. The molecule has 0 aliphatic rings. The zero-order chi connectivity index (χ0) is 17.2. The van der Waals surface area contributed by atoms with Crippen molar-refractivity contribution in [2.45, 2.75) is 11.3 Å². The molecular formula is C20H16N2OS2. The Morgan fingerprint density at radius 2 is 1.92 bits per heavy atom. The summed E-state index contributed by atoms with van der Waals surface area (Å²) in [5, 5.41) is 5.93. The first-order chi connectivity index (χ1) is 12.2. The van der Waals surface area contributed by atoms with Crippen LogP contribution in [-0.4, -0.2) is 17.1 Å². The number of fused-ring (bicyclic) bond motifs is 2. The van der Waals surface area contributed by atoms with E-state index in [0.29, 0.717) is 11.6 Å². The maximum absolute atomic E-state index is 12.4. The predicted octanol–water partition coefficient (Wildman–Crippen LogP) is 5.35. The van der Waals surface area contributed by atoms with Crippen LogP contribution in [0.15, 0.2) is 65.6 Å². The number of hydrogen-bond acceptors (Lipinski definition) is 4. The number of aromatic nitrogens is 1. The topological polar surface area (TPSA) is 42.0 Å². The minimum atomic E-state index is -0.0416. The lowest BCUT2D eigenvalue weighted by molar-refractivity contribution is -0.115. The Morgan fingerprint density at radius 3 is 2.76 bits per heavy atom. The summed E-state index contributed by atoms with van der Waals surface area (Å²) in [4.78, 5) is 18.1. The van der Waals surface area contributed by atoms with Gasteiger partial charge in [-0.1, -0.05) is 59.9 Å². The van der Waals surface area contributed by atoms with E-state index in [1.54, 1.807) is 11.8 Å². The van der Waals surface area contributed by atoms with Crippen LogP contribution in [0.4, 0.5) is 5.13 Å². The lowest BCUT2D eigenvalue weighted by Gasteiger charge is -2.04. The molecule has 0 spiro atoms. The number of rotatable bonds is 4. The molecule has 0 fully saturated rings.